The van der Waals surface area contributed by atoms with Crippen LogP contribution < -0.4 is 10.5 Å². The smallest absolute Gasteiger partial charge is 0.331 e. The molecule has 0 aliphatic rings. The van der Waals surface area contributed by atoms with E-state index in [1.807, 2.05) is 31.2 Å². The van der Waals surface area contributed by atoms with Crippen LogP contribution in [0.25, 0.3) is 0 Å². The molecule has 0 aromatic heterocycles. The van der Waals surface area contributed by atoms with Crippen molar-refractivity contribution in [2.45, 2.75) is 38.6 Å². The predicted molar refractivity (Wildman–Crippen MR) is 96.7 cm³/mol. The van der Waals surface area contributed by atoms with Gasteiger partial charge in [0.05, 0.1) is 13.7 Å². The van der Waals surface area contributed by atoms with E-state index in [0.717, 1.165) is 43.6 Å². The second kappa shape index (κ2) is 13.6. The third-order valence-electron chi connectivity index (χ3n) is 3.61. The Morgan fingerprint density at radius 3 is 2.52 bits per heavy atom. The third kappa shape index (κ3) is 10.8. The Morgan fingerprint density at radius 1 is 1.04 bits per heavy atom. The zero-order chi connectivity index (χ0) is 18.3. The first-order valence-corrected chi connectivity index (χ1v) is 8.84. The number of hydrogen-bond acceptors (Lipinski definition) is 6. The van der Waals surface area contributed by atoms with Crippen LogP contribution in [-0.4, -0.2) is 46.1 Å². The first-order valence-electron chi connectivity index (χ1n) is 8.84. The molecule has 0 bridgehead atoms. The summed E-state index contributed by atoms with van der Waals surface area (Å²) in [5.74, 6) is 0.519. The molecule has 0 saturated heterocycles. The highest BCUT2D eigenvalue weighted by molar-refractivity contribution is 5.70. The summed E-state index contributed by atoms with van der Waals surface area (Å²) in [4.78, 5) is 10.8. The minimum absolute atomic E-state index is 0.00357. The highest BCUT2D eigenvalue weighted by Crippen LogP contribution is 2.17. The summed E-state index contributed by atoms with van der Waals surface area (Å²) in [6, 6.07) is 7.95. The Morgan fingerprint density at radius 2 is 1.76 bits per heavy atom. The minimum atomic E-state index is -0.354. The molecule has 0 amide bonds. The van der Waals surface area contributed by atoms with Crippen LogP contribution in [0.1, 0.15) is 44.2 Å². The summed E-state index contributed by atoms with van der Waals surface area (Å²) in [7, 11) is 1.34. The van der Waals surface area contributed by atoms with Gasteiger partial charge in [0.2, 0.25) is 0 Å². The molecule has 0 heterocycles. The quantitative estimate of drug-likeness (QED) is 0.409. The summed E-state index contributed by atoms with van der Waals surface area (Å²) in [5, 5.41) is 0. The highest BCUT2D eigenvalue weighted by Gasteiger charge is 2.01. The molecule has 0 aliphatic heterocycles. The van der Waals surface area contributed by atoms with Gasteiger partial charge in [-0.15, -0.1) is 0 Å². The topological polar surface area (TPSA) is 80.0 Å². The van der Waals surface area contributed by atoms with Crippen molar-refractivity contribution in [2.75, 3.05) is 40.1 Å². The number of benzene rings is 1. The van der Waals surface area contributed by atoms with Gasteiger partial charge in [-0.1, -0.05) is 12.1 Å². The maximum absolute atomic E-state index is 10.8. The number of rotatable bonds is 14. The fourth-order valence-electron chi connectivity index (χ4n) is 2.14. The van der Waals surface area contributed by atoms with Gasteiger partial charge in [-0.25, -0.2) is 4.79 Å². The fourth-order valence-corrected chi connectivity index (χ4v) is 2.14. The van der Waals surface area contributed by atoms with E-state index >= 15 is 0 Å². The molecule has 0 fully saturated rings. The Hall–Kier alpha value is -1.63. The monoisotopic (exact) mass is 353 g/mol. The van der Waals surface area contributed by atoms with E-state index in [9.17, 15) is 4.79 Å². The average Bonchev–Trinajstić information content (AvgIpc) is 2.62. The van der Waals surface area contributed by atoms with E-state index in [1.54, 1.807) is 0 Å². The number of carbonyl (C=O) groups is 1. The van der Waals surface area contributed by atoms with Crippen LogP contribution >= 0.6 is 0 Å². The predicted octanol–water partition coefficient (Wildman–Crippen LogP) is 2.85. The lowest BCUT2D eigenvalue weighted by Crippen LogP contribution is -2.11. The van der Waals surface area contributed by atoms with Crippen LogP contribution in [0.2, 0.25) is 0 Å². The normalized spacial score (nSPS) is 12.0. The van der Waals surface area contributed by atoms with Gasteiger partial charge in [0.1, 0.15) is 12.4 Å². The zero-order valence-corrected chi connectivity index (χ0v) is 15.4. The largest absolute Gasteiger partial charge is 0.494 e. The molecule has 25 heavy (non-hydrogen) atoms. The minimum Gasteiger partial charge on any atom is -0.494 e. The molecule has 0 radical (unpaired) electrons. The molecule has 0 saturated carbocycles. The molecule has 2 N–H and O–H groups in total. The Balaban J connectivity index is 1.91. The van der Waals surface area contributed by atoms with Crippen LogP contribution in [-0.2, 0) is 19.0 Å². The molecule has 6 nitrogen and oxygen atoms in total. The van der Waals surface area contributed by atoms with Gasteiger partial charge in [-0.2, -0.15) is 0 Å². The van der Waals surface area contributed by atoms with Gasteiger partial charge in [0, 0.05) is 25.9 Å². The standard InChI is InChI=1S/C19H31NO5/c1-16(20)17-8-6-9-18(14-17)25-13-5-3-4-10-23-11-7-12-24-15-19(21)22-2/h6,8-9,14,16H,3-5,7,10-13,15,20H2,1-2H3/t16-/m0/s1. The van der Waals surface area contributed by atoms with Crippen molar-refractivity contribution in [1.29, 1.82) is 0 Å². The maximum Gasteiger partial charge on any atom is 0.331 e. The van der Waals surface area contributed by atoms with Gasteiger partial charge in [-0.05, 0) is 50.3 Å². The van der Waals surface area contributed by atoms with Gasteiger partial charge in [-0.3, -0.25) is 0 Å². The van der Waals surface area contributed by atoms with Crippen molar-refractivity contribution in [3.8, 4) is 5.75 Å². The molecule has 1 rings (SSSR count). The zero-order valence-electron chi connectivity index (χ0n) is 15.4. The fraction of sp³-hybridized carbons (Fsp3) is 0.632. The molecule has 6 heteroatoms. The molecule has 1 aromatic carbocycles. The molecular weight excluding hydrogens is 322 g/mol. The van der Waals surface area contributed by atoms with E-state index in [1.165, 1.54) is 7.11 Å². The van der Waals surface area contributed by atoms with Crippen molar-refractivity contribution < 1.29 is 23.7 Å². The van der Waals surface area contributed by atoms with Crippen LogP contribution in [0.5, 0.6) is 5.75 Å². The summed E-state index contributed by atoms with van der Waals surface area (Å²) >= 11 is 0. The van der Waals surface area contributed by atoms with Crippen LogP contribution in [0.3, 0.4) is 0 Å². The van der Waals surface area contributed by atoms with Crippen molar-refractivity contribution >= 4 is 5.97 Å². The van der Waals surface area contributed by atoms with Gasteiger partial charge in [0.15, 0.2) is 0 Å². The molecule has 0 spiro atoms. The van der Waals surface area contributed by atoms with Crippen LogP contribution in [0.15, 0.2) is 24.3 Å². The van der Waals surface area contributed by atoms with Crippen molar-refractivity contribution in [2.24, 2.45) is 5.73 Å². The summed E-state index contributed by atoms with van der Waals surface area (Å²) < 4.78 is 20.9. The molecule has 142 valence electrons. The second-order valence-corrected chi connectivity index (χ2v) is 5.86. The number of ether oxygens (including phenoxy) is 4. The van der Waals surface area contributed by atoms with E-state index in [4.69, 9.17) is 19.9 Å². The number of unbranched alkanes of at least 4 members (excludes halogenated alkanes) is 2. The van der Waals surface area contributed by atoms with Crippen molar-refractivity contribution in [1.82, 2.24) is 0 Å². The molecule has 0 aliphatic carbocycles. The average molecular weight is 353 g/mol. The van der Waals surface area contributed by atoms with E-state index < -0.39 is 0 Å². The number of esters is 1. The maximum atomic E-state index is 10.8. The van der Waals surface area contributed by atoms with Crippen molar-refractivity contribution in [3.05, 3.63) is 29.8 Å². The number of nitrogens with two attached hydrogens (primary N) is 1. The summed E-state index contributed by atoms with van der Waals surface area (Å²) in [6.45, 7) is 4.54. The number of methoxy groups -OCH3 is 1. The molecule has 1 aromatic rings. The molecule has 1 atom stereocenters. The lowest BCUT2D eigenvalue weighted by atomic mass is 10.1. The first-order chi connectivity index (χ1) is 12.1. The lowest BCUT2D eigenvalue weighted by molar-refractivity contribution is -0.146. The van der Waals surface area contributed by atoms with Crippen LogP contribution in [0.4, 0.5) is 0 Å². The van der Waals surface area contributed by atoms with E-state index in [2.05, 4.69) is 4.74 Å². The SMILES string of the molecule is COC(=O)COCCCOCCCCCOc1cccc([C@H](C)N)c1. The lowest BCUT2D eigenvalue weighted by Gasteiger charge is -2.10. The summed E-state index contributed by atoms with van der Waals surface area (Å²) in [5.41, 5.74) is 6.95. The number of hydrogen-bond donors (Lipinski definition) is 1. The number of carbonyl (C=O) groups excluding carboxylic acids is 1. The van der Waals surface area contributed by atoms with E-state index in [0.29, 0.717) is 19.8 Å². The Kier molecular flexibility index (Phi) is 11.7. The Bertz CT molecular complexity index is 479. The molecule has 0 unspecified atom stereocenters. The summed E-state index contributed by atoms with van der Waals surface area (Å²) in [6.07, 6.45) is 3.84. The second-order valence-electron chi connectivity index (χ2n) is 5.86. The van der Waals surface area contributed by atoms with Gasteiger partial charge >= 0.3 is 5.97 Å². The molecular formula is C19H31NO5. The highest BCUT2D eigenvalue weighted by atomic mass is 16.6. The van der Waals surface area contributed by atoms with E-state index in [-0.39, 0.29) is 18.6 Å². The first kappa shape index (κ1) is 21.4. The van der Waals surface area contributed by atoms with Gasteiger partial charge in [0.25, 0.3) is 0 Å². The van der Waals surface area contributed by atoms with Crippen molar-refractivity contribution in [3.63, 3.8) is 0 Å². The third-order valence-corrected chi connectivity index (χ3v) is 3.61. The van der Waals surface area contributed by atoms with Gasteiger partial charge < -0.3 is 24.7 Å². The van der Waals surface area contributed by atoms with Crippen LogP contribution in [0, 0.1) is 0 Å². The Labute approximate surface area is 150 Å².